The molecule has 0 N–H and O–H groups in total. The topological polar surface area (TPSA) is 57.0 Å². The molecule has 0 saturated carbocycles. The number of hydrogen-bond donors (Lipinski definition) is 0. The van der Waals surface area contributed by atoms with Crippen LogP contribution in [0.25, 0.3) is 52.7 Å². The lowest BCUT2D eigenvalue weighted by Gasteiger charge is -2.24. The van der Waals surface area contributed by atoms with Crippen molar-refractivity contribution in [2.75, 3.05) is 10.0 Å². The summed E-state index contributed by atoms with van der Waals surface area (Å²) < 4.78 is 2.41. The molecule has 4 heterocycles. The van der Waals surface area contributed by atoms with E-state index in [4.69, 9.17) is 20.2 Å². The highest BCUT2D eigenvalue weighted by atomic mass is 32.1. The zero-order chi connectivity index (χ0) is 42.4. The predicted octanol–water partition coefficient (Wildman–Crippen LogP) is 14.6. The average Bonchev–Trinajstić information content (AvgIpc) is 4.20. The second kappa shape index (κ2) is 16.3. The van der Waals surface area contributed by atoms with Crippen LogP contribution in [0.4, 0.5) is 11.4 Å². The molecule has 2 unspecified atom stereocenters. The molecule has 0 fully saturated rings. The van der Waals surface area contributed by atoms with Crippen molar-refractivity contribution in [3.8, 4) is 32.3 Å². The normalized spacial score (nSPS) is 16.1. The first-order valence-corrected chi connectivity index (χ1v) is 23.3. The second-order valence-electron chi connectivity index (χ2n) is 16.3. The third kappa shape index (κ3) is 7.26. The molecule has 306 valence electrons. The van der Waals surface area contributed by atoms with Crippen molar-refractivity contribution in [2.24, 2.45) is 10.2 Å². The van der Waals surface area contributed by atoms with Gasteiger partial charge in [0.1, 0.15) is 10.0 Å². The number of hydrogen-bond acceptors (Lipinski definition) is 8. The fourth-order valence-corrected chi connectivity index (χ4v) is 10.9. The number of nitrogens with zero attached hydrogens (tertiary/aromatic N) is 6. The Hall–Kier alpha value is -7.52. The molecular formula is C56H40N6S2. The number of fused-ring (bicyclic) bond motifs is 2. The Morgan fingerprint density at radius 3 is 1.08 bits per heavy atom. The quantitative estimate of drug-likeness (QED) is 0.145. The predicted molar refractivity (Wildman–Crippen MR) is 268 cm³/mol. The van der Waals surface area contributed by atoms with Crippen LogP contribution in [-0.4, -0.2) is 21.4 Å². The summed E-state index contributed by atoms with van der Waals surface area (Å²) in [5, 5.41) is 16.9. The lowest BCUT2D eigenvalue weighted by Crippen LogP contribution is -2.18. The van der Waals surface area contributed by atoms with Gasteiger partial charge in [0, 0.05) is 24.0 Å². The van der Waals surface area contributed by atoms with Crippen LogP contribution in [0.1, 0.15) is 47.2 Å². The maximum atomic E-state index is 5.25. The smallest absolute Gasteiger partial charge is 0.124 e. The van der Waals surface area contributed by atoms with Gasteiger partial charge in [-0.25, -0.2) is 9.97 Å². The SMILES string of the molecule is c1ccc(N2N=C(c3ccc(-c4nc5ccccc5s4)cc3)CC2c2ccc(-c3ccc(C4CC(c5ccc(-c6nc7ccccc7s6)cc5)=NN4c4ccccc4)cc3)cc2)cc1. The van der Waals surface area contributed by atoms with Crippen LogP contribution < -0.4 is 10.0 Å². The van der Waals surface area contributed by atoms with Crippen LogP contribution in [0.3, 0.4) is 0 Å². The fourth-order valence-electron chi connectivity index (χ4n) is 8.92. The Balaban J connectivity index is 0.774. The second-order valence-corrected chi connectivity index (χ2v) is 18.3. The van der Waals surface area contributed by atoms with Crippen molar-refractivity contribution in [2.45, 2.75) is 24.9 Å². The number of benzene rings is 8. The van der Waals surface area contributed by atoms with Crippen molar-refractivity contribution in [3.63, 3.8) is 0 Å². The Labute approximate surface area is 379 Å². The Bertz CT molecular complexity index is 3030. The summed E-state index contributed by atoms with van der Waals surface area (Å²) in [5.74, 6) is 0. The van der Waals surface area contributed by atoms with Crippen molar-refractivity contribution in [1.82, 2.24) is 9.97 Å². The van der Waals surface area contributed by atoms with E-state index in [0.717, 1.165) is 78.9 Å². The summed E-state index contributed by atoms with van der Waals surface area (Å²) in [4.78, 5) is 9.76. The summed E-state index contributed by atoms with van der Waals surface area (Å²) in [7, 11) is 0. The molecule has 0 spiro atoms. The fraction of sp³-hybridized carbons (Fsp3) is 0.0714. The van der Waals surface area contributed by atoms with E-state index < -0.39 is 0 Å². The molecular weight excluding hydrogens is 821 g/mol. The molecule has 2 aliphatic heterocycles. The molecule has 8 heteroatoms. The van der Waals surface area contributed by atoms with Crippen LogP contribution in [0.2, 0.25) is 0 Å². The van der Waals surface area contributed by atoms with Gasteiger partial charge in [-0.1, -0.05) is 158 Å². The average molecular weight is 861 g/mol. The minimum atomic E-state index is 0.0713. The first kappa shape index (κ1) is 38.2. The van der Waals surface area contributed by atoms with E-state index in [2.05, 4.69) is 204 Å². The summed E-state index contributed by atoms with van der Waals surface area (Å²) in [6.07, 6.45) is 1.61. The molecule has 64 heavy (non-hydrogen) atoms. The molecule has 2 aromatic heterocycles. The molecule has 2 aliphatic rings. The number of aromatic nitrogens is 2. The van der Waals surface area contributed by atoms with Gasteiger partial charge in [-0.15, -0.1) is 22.7 Å². The molecule has 0 amide bonds. The number of hydrazone groups is 2. The Morgan fingerprint density at radius 2 is 0.688 bits per heavy atom. The zero-order valence-corrected chi connectivity index (χ0v) is 36.3. The Morgan fingerprint density at radius 1 is 0.344 bits per heavy atom. The Kier molecular flexibility index (Phi) is 9.73. The number of anilines is 2. The molecule has 0 radical (unpaired) electrons. The summed E-state index contributed by atoms with van der Waals surface area (Å²) >= 11 is 3.46. The van der Waals surface area contributed by atoms with Crippen LogP contribution >= 0.6 is 22.7 Å². The van der Waals surface area contributed by atoms with Crippen LogP contribution in [0.15, 0.2) is 216 Å². The number of thiazole rings is 2. The third-order valence-corrected chi connectivity index (χ3v) is 14.5. The number of rotatable bonds is 9. The monoisotopic (exact) mass is 860 g/mol. The van der Waals surface area contributed by atoms with Gasteiger partial charge in [-0.3, -0.25) is 10.0 Å². The van der Waals surface area contributed by atoms with Gasteiger partial charge in [0.2, 0.25) is 0 Å². The van der Waals surface area contributed by atoms with Crippen LogP contribution in [-0.2, 0) is 0 Å². The molecule has 12 rings (SSSR count). The van der Waals surface area contributed by atoms with E-state index in [9.17, 15) is 0 Å². The first-order valence-electron chi connectivity index (χ1n) is 21.6. The van der Waals surface area contributed by atoms with Gasteiger partial charge in [0.25, 0.3) is 0 Å². The highest BCUT2D eigenvalue weighted by Gasteiger charge is 2.32. The van der Waals surface area contributed by atoms with Gasteiger partial charge >= 0.3 is 0 Å². The minimum absolute atomic E-state index is 0.0713. The van der Waals surface area contributed by atoms with Gasteiger partial charge in [-0.2, -0.15) is 10.2 Å². The van der Waals surface area contributed by atoms with E-state index in [1.165, 1.54) is 31.7 Å². The summed E-state index contributed by atoms with van der Waals surface area (Å²) in [5.41, 5.74) is 15.8. The van der Waals surface area contributed by atoms with Gasteiger partial charge in [-0.05, 0) is 81.9 Å². The maximum Gasteiger partial charge on any atom is 0.124 e. The lowest BCUT2D eigenvalue weighted by molar-refractivity contribution is 0.709. The molecule has 0 aliphatic carbocycles. The molecule has 8 aromatic carbocycles. The van der Waals surface area contributed by atoms with E-state index in [0.29, 0.717) is 0 Å². The largest absolute Gasteiger partial charge is 0.257 e. The lowest BCUT2D eigenvalue weighted by atomic mass is 9.94. The van der Waals surface area contributed by atoms with Crippen molar-refractivity contribution < 1.29 is 0 Å². The van der Waals surface area contributed by atoms with E-state index >= 15 is 0 Å². The van der Waals surface area contributed by atoms with Gasteiger partial charge in [0.05, 0.1) is 55.3 Å². The van der Waals surface area contributed by atoms with Crippen molar-refractivity contribution >= 4 is 65.9 Å². The molecule has 2 atom stereocenters. The highest BCUT2D eigenvalue weighted by molar-refractivity contribution is 7.22. The van der Waals surface area contributed by atoms with E-state index in [1.807, 2.05) is 12.1 Å². The maximum absolute atomic E-state index is 5.25. The summed E-state index contributed by atoms with van der Waals surface area (Å²) in [6, 6.07) is 73.4. The van der Waals surface area contributed by atoms with Gasteiger partial charge in [0.15, 0.2) is 0 Å². The highest BCUT2D eigenvalue weighted by Crippen LogP contribution is 2.41. The molecule has 10 aromatic rings. The minimum Gasteiger partial charge on any atom is -0.257 e. The molecule has 0 saturated heterocycles. The zero-order valence-electron chi connectivity index (χ0n) is 34.7. The van der Waals surface area contributed by atoms with Crippen molar-refractivity contribution in [1.29, 1.82) is 0 Å². The molecule has 0 bridgehead atoms. The summed E-state index contributed by atoms with van der Waals surface area (Å²) in [6.45, 7) is 0. The van der Waals surface area contributed by atoms with E-state index in [1.54, 1.807) is 22.7 Å². The third-order valence-electron chi connectivity index (χ3n) is 12.3. The first-order chi connectivity index (χ1) is 31.7. The van der Waals surface area contributed by atoms with E-state index in [-0.39, 0.29) is 12.1 Å². The standard InChI is InChI=1S/C56H40N6S2/c1-3-11-45(12-4-1)61-51(35-49(59-61)39-23-31-43(32-24-39)55-57-47-15-7-9-17-53(47)63-55)41-27-19-37(20-28-41)38-21-29-42(30-22-38)52-36-50(60-62(52)46-13-5-2-6-14-46)40-25-33-44(34-26-40)56-58-48-16-8-10-18-54(48)64-56/h1-34,51-52H,35-36H2. The molecule has 6 nitrogen and oxygen atoms in total. The van der Waals surface area contributed by atoms with Crippen LogP contribution in [0, 0.1) is 0 Å². The van der Waals surface area contributed by atoms with Crippen LogP contribution in [0.5, 0.6) is 0 Å². The van der Waals surface area contributed by atoms with Gasteiger partial charge < -0.3 is 0 Å². The number of para-hydroxylation sites is 4. The van der Waals surface area contributed by atoms with Crippen molar-refractivity contribution in [3.05, 3.63) is 229 Å².